The molecule has 2 heterocycles. The number of amides is 1. The van der Waals surface area contributed by atoms with E-state index < -0.39 is 5.54 Å². The number of nitrogens with zero attached hydrogens (tertiary/aromatic N) is 2. The van der Waals surface area contributed by atoms with Crippen LogP contribution in [0.3, 0.4) is 0 Å². The number of thiophene rings is 1. The van der Waals surface area contributed by atoms with Crippen LogP contribution < -0.4 is 5.32 Å². The fourth-order valence-corrected chi connectivity index (χ4v) is 4.31. The Bertz CT molecular complexity index is 595. The van der Waals surface area contributed by atoms with E-state index >= 15 is 0 Å². The molecule has 1 aromatic heterocycles. The van der Waals surface area contributed by atoms with E-state index in [2.05, 4.69) is 18.0 Å². The summed E-state index contributed by atoms with van der Waals surface area (Å²) in [6.07, 6.45) is 6.87. The molecule has 0 unspecified atom stereocenters. The predicted molar refractivity (Wildman–Crippen MR) is 82.6 cm³/mol. The summed E-state index contributed by atoms with van der Waals surface area (Å²) < 4.78 is 0. The molecule has 1 spiro atoms. The van der Waals surface area contributed by atoms with Gasteiger partial charge in [0.15, 0.2) is 0 Å². The molecule has 1 aliphatic carbocycles. The van der Waals surface area contributed by atoms with E-state index in [0.29, 0.717) is 12.1 Å². The van der Waals surface area contributed by atoms with Crippen molar-refractivity contribution in [3.8, 4) is 6.07 Å². The van der Waals surface area contributed by atoms with Crippen LogP contribution in [0.1, 0.15) is 48.7 Å². The summed E-state index contributed by atoms with van der Waals surface area (Å²) >= 11 is 1.54. The van der Waals surface area contributed by atoms with Gasteiger partial charge >= 0.3 is 0 Å². The van der Waals surface area contributed by atoms with E-state index in [0.717, 1.165) is 30.6 Å². The summed E-state index contributed by atoms with van der Waals surface area (Å²) in [5, 5.41) is 14.4. The molecular weight excluding hydrogens is 282 g/mol. The molecule has 2 fully saturated rings. The molecule has 1 aromatic rings. The van der Waals surface area contributed by atoms with Crippen molar-refractivity contribution in [1.29, 1.82) is 5.26 Å². The van der Waals surface area contributed by atoms with Gasteiger partial charge in [-0.3, -0.25) is 10.1 Å². The Kier molecular flexibility index (Phi) is 3.83. The second kappa shape index (κ2) is 5.63. The fourth-order valence-electron chi connectivity index (χ4n) is 3.41. The van der Waals surface area contributed by atoms with E-state index in [9.17, 15) is 4.79 Å². The number of hydrogen-bond acceptors (Lipinski definition) is 4. The average molecular weight is 301 g/mol. The molecular formula is C16H19N3OS. The van der Waals surface area contributed by atoms with Gasteiger partial charge < -0.3 is 4.90 Å². The van der Waals surface area contributed by atoms with Crippen LogP contribution in [-0.2, 0) is 4.79 Å². The van der Waals surface area contributed by atoms with Gasteiger partial charge in [-0.1, -0.05) is 25.3 Å². The van der Waals surface area contributed by atoms with Gasteiger partial charge in [0.05, 0.1) is 11.1 Å². The molecule has 4 nitrogen and oxygen atoms in total. The van der Waals surface area contributed by atoms with Crippen molar-refractivity contribution in [3.05, 3.63) is 34.5 Å². The van der Waals surface area contributed by atoms with Gasteiger partial charge in [0, 0.05) is 16.8 Å². The summed E-state index contributed by atoms with van der Waals surface area (Å²) in [6, 6.07) is 4.04. The number of carbonyl (C=O) groups excluding carboxylic acids is 1. The molecule has 3 rings (SSSR count). The van der Waals surface area contributed by atoms with Crippen molar-refractivity contribution in [3.63, 3.8) is 0 Å². The highest BCUT2D eigenvalue weighted by molar-refractivity contribution is 7.10. The molecule has 1 amide bonds. The number of nitriles is 1. The first-order valence-corrected chi connectivity index (χ1v) is 8.26. The molecule has 2 aliphatic rings. The smallest absolute Gasteiger partial charge is 0.244 e. The highest BCUT2D eigenvalue weighted by Gasteiger charge is 2.51. The Balaban J connectivity index is 1.93. The van der Waals surface area contributed by atoms with Crippen LogP contribution in [0.4, 0.5) is 0 Å². The largest absolute Gasteiger partial charge is 0.317 e. The SMILES string of the molecule is C=CCN1C(=O)C2(CCCCC2)N[C@H]1c1cc(C#N)cs1. The zero-order chi connectivity index (χ0) is 14.9. The number of nitrogens with one attached hydrogen (secondary N) is 1. The van der Waals surface area contributed by atoms with Gasteiger partial charge in [-0.2, -0.15) is 5.26 Å². The van der Waals surface area contributed by atoms with Gasteiger partial charge in [0.1, 0.15) is 12.2 Å². The van der Waals surface area contributed by atoms with Crippen LogP contribution in [-0.4, -0.2) is 22.9 Å². The summed E-state index contributed by atoms with van der Waals surface area (Å²) in [7, 11) is 0. The first-order valence-electron chi connectivity index (χ1n) is 7.38. The third-order valence-electron chi connectivity index (χ3n) is 4.45. The molecule has 1 saturated carbocycles. The maximum Gasteiger partial charge on any atom is 0.244 e. The second-order valence-electron chi connectivity index (χ2n) is 5.79. The summed E-state index contributed by atoms with van der Waals surface area (Å²) in [5.74, 6) is 0.194. The third-order valence-corrected chi connectivity index (χ3v) is 5.43. The average Bonchev–Trinajstić information content (AvgIpc) is 3.08. The van der Waals surface area contributed by atoms with Gasteiger partial charge in [0.25, 0.3) is 0 Å². The Hall–Kier alpha value is -1.64. The molecule has 0 aromatic carbocycles. The number of hydrogen-bond donors (Lipinski definition) is 1. The minimum absolute atomic E-state index is 0.124. The highest BCUT2D eigenvalue weighted by Crippen LogP contribution is 2.40. The first kappa shape index (κ1) is 14.3. The van der Waals surface area contributed by atoms with Crippen LogP contribution in [0.2, 0.25) is 0 Å². The predicted octanol–water partition coefficient (Wildman–Crippen LogP) is 2.94. The Morgan fingerprint density at radius 2 is 2.29 bits per heavy atom. The molecule has 1 atom stereocenters. The minimum atomic E-state index is -0.400. The molecule has 0 bridgehead atoms. The van der Waals surface area contributed by atoms with Crippen molar-refractivity contribution < 1.29 is 4.79 Å². The third kappa shape index (κ3) is 2.39. The van der Waals surface area contributed by atoms with Crippen LogP contribution in [0.25, 0.3) is 0 Å². The van der Waals surface area contributed by atoms with E-state index in [1.807, 2.05) is 16.3 Å². The highest BCUT2D eigenvalue weighted by atomic mass is 32.1. The molecule has 110 valence electrons. The van der Waals surface area contributed by atoms with Crippen molar-refractivity contribution >= 4 is 17.2 Å². The molecule has 5 heteroatoms. The zero-order valence-corrected chi connectivity index (χ0v) is 12.8. The lowest BCUT2D eigenvalue weighted by atomic mass is 9.81. The van der Waals surface area contributed by atoms with Crippen molar-refractivity contribution in [2.45, 2.75) is 43.8 Å². The molecule has 0 radical (unpaired) electrons. The van der Waals surface area contributed by atoms with Gasteiger partial charge in [-0.15, -0.1) is 17.9 Å². The monoisotopic (exact) mass is 301 g/mol. The van der Waals surface area contributed by atoms with Crippen LogP contribution in [0.5, 0.6) is 0 Å². The standard InChI is InChI=1S/C16H19N3OS/c1-2-8-19-14(13-9-12(10-17)11-21-13)18-16(15(19)20)6-4-3-5-7-16/h2,9,11,14,18H,1,3-8H2/t14-/m1/s1. The molecule has 21 heavy (non-hydrogen) atoms. The van der Waals surface area contributed by atoms with E-state index in [4.69, 9.17) is 5.26 Å². The quantitative estimate of drug-likeness (QED) is 0.873. The minimum Gasteiger partial charge on any atom is -0.317 e. The Morgan fingerprint density at radius 1 is 1.52 bits per heavy atom. The normalized spacial score (nSPS) is 24.2. The fraction of sp³-hybridized carbons (Fsp3) is 0.500. The van der Waals surface area contributed by atoms with E-state index in [1.165, 1.54) is 17.8 Å². The number of rotatable bonds is 3. The maximum absolute atomic E-state index is 12.9. The second-order valence-corrected chi connectivity index (χ2v) is 6.73. The van der Waals surface area contributed by atoms with Crippen LogP contribution in [0.15, 0.2) is 24.1 Å². The van der Waals surface area contributed by atoms with Crippen molar-refractivity contribution in [2.24, 2.45) is 0 Å². The molecule has 1 aliphatic heterocycles. The Morgan fingerprint density at radius 3 is 2.90 bits per heavy atom. The lowest BCUT2D eigenvalue weighted by Gasteiger charge is -2.31. The van der Waals surface area contributed by atoms with Gasteiger partial charge in [0.2, 0.25) is 5.91 Å². The van der Waals surface area contributed by atoms with Crippen molar-refractivity contribution in [1.82, 2.24) is 10.2 Å². The van der Waals surface area contributed by atoms with E-state index in [-0.39, 0.29) is 12.1 Å². The molecule has 1 N–H and O–H groups in total. The van der Waals surface area contributed by atoms with E-state index in [1.54, 1.807) is 6.08 Å². The summed E-state index contributed by atoms with van der Waals surface area (Å²) in [6.45, 7) is 4.31. The van der Waals surface area contributed by atoms with Crippen LogP contribution in [0, 0.1) is 11.3 Å². The molecule has 1 saturated heterocycles. The van der Waals surface area contributed by atoms with Gasteiger partial charge in [-0.25, -0.2) is 0 Å². The Labute approximate surface area is 129 Å². The van der Waals surface area contributed by atoms with Crippen LogP contribution >= 0.6 is 11.3 Å². The first-order chi connectivity index (χ1) is 10.2. The summed E-state index contributed by atoms with van der Waals surface area (Å²) in [5.41, 5.74) is 0.260. The maximum atomic E-state index is 12.9. The lowest BCUT2D eigenvalue weighted by molar-refractivity contribution is -0.133. The zero-order valence-electron chi connectivity index (χ0n) is 12.0. The lowest BCUT2D eigenvalue weighted by Crippen LogP contribution is -2.48. The topological polar surface area (TPSA) is 56.1 Å². The van der Waals surface area contributed by atoms with Gasteiger partial charge in [-0.05, 0) is 18.9 Å². The van der Waals surface area contributed by atoms with Crippen molar-refractivity contribution in [2.75, 3.05) is 6.54 Å². The summed E-state index contributed by atoms with van der Waals surface area (Å²) in [4.78, 5) is 15.8. The number of carbonyl (C=O) groups is 1.